The van der Waals surface area contributed by atoms with Crippen LogP contribution in [0.4, 0.5) is 0 Å². The Hall–Kier alpha value is -1.51. The molecule has 2 atom stereocenters. The Balaban J connectivity index is 2.25. The van der Waals surface area contributed by atoms with E-state index in [4.69, 9.17) is 4.74 Å². The fraction of sp³-hybridized carbons (Fsp3) is 0.562. The molecule has 3 heteroatoms. The minimum absolute atomic E-state index is 0.155. The Morgan fingerprint density at radius 1 is 1.37 bits per heavy atom. The normalized spacial score (nSPS) is 22.6. The summed E-state index contributed by atoms with van der Waals surface area (Å²) in [5, 5.41) is 3.11. The predicted molar refractivity (Wildman–Crippen MR) is 76.4 cm³/mol. The molecular formula is C16H23NO2. The van der Waals surface area contributed by atoms with Gasteiger partial charge in [0.05, 0.1) is 6.61 Å². The van der Waals surface area contributed by atoms with Gasteiger partial charge >= 0.3 is 0 Å². The molecule has 19 heavy (non-hydrogen) atoms. The van der Waals surface area contributed by atoms with Crippen molar-refractivity contribution in [2.24, 2.45) is 5.92 Å². The molecule has 0 spiro atoms. The highest BCUT2D eigenvalue weighted by Gasteiger charge is 2.35. The van der Waals surface area contributed by atoms with Crippen molar-refractivity contribution in [2.75, 3.05) is 6.61 Å². The maximum atomic E-state index is 11.7. The van der Waals surface area contributed by atoms with Gasteiger partial charge in [0.15, 0.2) is 0 Å². The Morgan fingerprint density at radius 3 is 2.79 bits per heavy atom. The second kappa shape index (κ2) is 6.09. The van der Waals surface area contributed by atoms with E-state index in [-0.39, 0.29) is 17.9 Å². The van der Waals surface area contributed by atoms with Crippen LogP contribution in [0.1, 0.15) is 45.1 Å². The molecular weight excluding hydrogens is 238 g/mol. The van der Waals surface area contributed by atoms with Crippen molar-refractivity contribution in [2.45, 2.75) is 45.6 Å². The molecule has 1 aliphatic heterocycles. The summed E-state index contributed by atoms with van der Waals surface area (Å²) >= 11 is 0. The lowest BCUT2D eigenvalue weighted by Crippen LogP contribution is -2.29. The highest BCUT2D eigenvalue weighted by atomic mass is 16.5. The summed E-state index contributed by atoms with van der Waals surface area (Å²) in [6, 6.07) is 8.31. The third-order valence-electron chi connectivity index (χ3n) is 3.58. The van der Waals surface area contributed by atoms with E-state index >= 15 is 0 Å². The lowest BCUT2D eigenvalue weighted by molar-refractivity contribution is -0.119. The Bertz CT molecular complexity index is 442. The fourth-order valence-corrected chi connectivity index (χ4v) is 2.84. The lowest BCUT2D eigenvalue weighted by Gasteiger charge is -2.23. The second-order valence-corrected chi connectivity index (χ2v) is 5.59. The van der Waals surface area contributed by atoms with Crippen LogP contribution in [-0.2, 0) is 4.79 Å². The van der Waals surface area contributed by atoms with E-state index in [1.54, 1.807) is 0 Å². The van der Waals surface area contributed by atoms with Crippen LogP contribution in [0.2, 0.25) is 0 Å². The van der Waals surface area contributed by atoms with Gasteiger partial charge in [-0.3, -0.25) is 4.79 Å². The lowest BCUT2D eigenvalue weighted by atomic mass is 9.87. The van der Waals surface area contributed by atoms with Gasteiger partial charge in [-0.1, -0.05) is 32.0 Å². The van der Waals surface area contributed by atoms with Crippen LogP contribution in [0.25, 0.3) is 0 Å². The van der Waals surface area contributed by atoms with E-state index in [9.17, 15) is 4.79 Å². The number of nitrogens with one attached hydrogen (secondary N) is 1. The molecule has 0 aliphatic carbocycles. The summed E-state index contributed by atoms with van der Waals surface area (Å²) in [6.07, 6.45) is 1.58. The molecule has 1 aromatic carbocycles. The number of hydrogen-bond donors (Lipinski definition) is 1. The van der Waals surface area contributed by atoms with Crippen molar-refractivity contribution in [3.05, 3.63) is 29.8 Å². The van der Waals surface area contributed by atoms with Gasteiger partial charge < -0.3 is 10.1 Å². The summed E-state index contributed by atoms with van der Waals surface area (Å²) in [5.74, 6) is 1.88. The van der Waals surface area contributed by atoms with Crippen molar-refractivity contribution in [1.82, 2.24) is 5.32 Å². The van der Waals surface area contributed by atoms with Crippen LogP contribution in [0.15, 0.2) is 24.3 Å². The molecule has 1 aliphatic rings. The average molecular weight is 261 g/mol. The summed E-state index contributed by atoms with van der Waals surface area (Å²) in [5.41, 5.74) is 1.16. The van der Waals surface area contributed by atoms with Crippen molar-refractivity contribution in [1.29, 1.82) is 0 Å². The van der Waals surface area contributed by atoms with Gasteiger partial charge in [-0.15, -0.1) is 0 Å². The molecule has 2 unspecified atom stereocenters. The number of benzene rings is 1. The Morgan fingerprint density at radius 2 is 2.11 bits per heavy atom. The zero-order chi connectivity index (χ0) is 13.8. The summed E-state index contributed by atoms with van der Waals surface area (Å²) in [7, 11) is 0. The van der Waals surface area contributed by atoms with E-state index in [2.05, 4.69) is 25.2 Å². The molecule has 1 aromatic rings. The third-order valence-corrected chi connectivity index (χ3v) is 3.58. The first kappa shape index (κ1) is 13.9. The number of amides is 1. The number of rotatable bonds is 5. The number of ether oxygens (including phenoxy) is 1. The van der Waals surface area contributed by atoms with Crippen molar-refractivity contribution >= 4 is 5.91 Å². The molecule has 0 saturated carbocycles. The highest BCUT2D eigenvalue weighted by Crippen LogP contribution is 2.36. The quantitative estimate of drug-likeness (QED) is 0.884. The fourth-order valence-electron chi connectivity index (χ4n) is 2.84. The number of carbonyl (C=O) groups excluding carboxylic acids is 1. The van der Waals surface area contributed by atoms with Crippen LogP contribution in [0, 0.1) is 5.92 Å². The first-order valence-corrected chi connectivity index (χ1v) is 7.13. The first-order valence-electron chi connectivity index (χ1n) is 7.13. The molecule has 0 radical (unpaired) electrons. The molecule has 1 N–H and O–H groups in total. The average Bonchev–Trinajstić information content (AvgIpc) is 2.70. The van der Waals surface area contributed by atoms with Gasteiger partial charge in [0.2, 0.25) is 5.91 Å². The molecule has 1 heterocycles. The summed E-state index contributed by atoms with van der Waals surface area (Å²) < 4.78 is 5.70. The molecule has 2 rings (SSSR count). The predicted octanol–water partition coefficient (Wildman–Crippen LogP) is 3.10. The zero-order valence-electron chi connectivity index (χ0n) is 12.0. The van der Waals surface area contributed by atoms with E-state index < -0.39 is 0 Å². The molecule has 1 saturated heterocycles. The minimum atomic E-state index is 0.155. The third kappa shape index (κ3) is 3.28. The second-order valence-electron chi connectivity index (χ2n) is 5.59. The maximum Gasteiger partial charge on any atom is 0.220 e. The van der Waals surface area contributed by atoms with Crippen LogP contribution < -0.4 is 10.1 Å². The van der Waals surface area contributed by atoms with E-state index in [0.29, 0.717) is 18.9 Å². The first-order chi connectivity index (χ1) is 9.11. The number of carbonyl (C=O) groups is 1. The molecule has 104 valence electrons. The van der Waals surface area contributed by atoms with Crippen molar-refractivity contribution < 1.29 is 9.53 Å². The molecule has 1 amide bonds. The van der Waals surface area contributed by atoms with E-state index in [1.165, 1.54) is 0 Å². The van der Waals surface area contributed by atoms with E-state index in [1.807, 2.05) is 25.1 Å². The van der Waals surface area contributed by atoms with Gasteiger partial charge in [-0.2, -0.15) is 0 Å². The number of hydrogen-bond acceptors (Lipinski definition) is 2. The highest BCUT2D eigenvalue weighted by molar-refractivity contribution is 5.80. The standard InChI is InChI=1S/C16H23NO2/c1-4-19-15-8-6-5-7-12(15)13-10-16(18)17-14(13)9-11(2)3/h5-8,11,13-14H,4,9-10H2,1-3H3,(H,17,18). The molecule has 3 nitrogen and oxygen atoms in total. The molecule has 0 aromatic heterocycles. The zero-order valence-corrected chi connectivity index (χ0v) is 12.0. The van der Waals surface area contributed by atoms with Gasteiger partial charge in [0.25, 0.3) is 0 Å². The number of para-hydroxylation sites is 1. The molecule has 1 fully saturated rings. The largest absolute Gasteiger partial charge is 0.494 e. The van der Waals surface area contributed by atoms with Crippen LogP contribution in [0.5, 0.6) is 5.75 Å². The summed E-state index contributed by atoms with van der Waals surface area (Å²) in [4.78, 5) is 11.7. The maximum absolute atomic E-state index is 11.7. The summed E-state index contributed by atoms with van der Waals surface area (Å²) in [6.45, 7) is 7.02. The SMILES string of the molecule is CCOc1ccccc1C1CC(=O)NC1CC(C)C. The van der Waals surface area contributed by atoms with Crippen LogP contribution in [0.3, 0.4) is 0 Å². The Kier molecular flexibility index (Phi) is 4.46. The Labute approximate surface area is 115 Å². The molecule has 0 bridgehead atoms. The monoisotopic (exact) mass is 261 g/mol. The van der Waals surface area contributed by atoms with E-state index in [0.717, 1.165) is 17.7 Å². The smallest absolute Gasteiger partial charge is 0.220 e. The van der Waals surface area contributed by atoms with Gasteiger partial charge in [0.1, 0.15) is 5.75 Å². The van der Waals surface area contributed by atoms with Crippen LogP contribution in [-0.4, -0.2) is 18.6 Å². The minimum Gasteiger partial charge on any atom is -0.494 e. The van der Waals surface area contributed by atoms with Crippen molar-refractivity contribution in [3.8, 4) is 5.75 Å². The van der Waals surface area contributed by atoms with Gasteiger partial charge in [-0.25, -0.2) is 0 Å². The van der Waals surface area contributed by atoms with Gasteiger partial charge in [-0.05, 0) is 30.9 Å². The van der Waals surface area contributed by atoms with Gasteiger partial charge in [0, 0.05) is 18.4 Å². The van der Waals surface area contributed by atoms with Crippen molar-refractivity contribution in [3.63, 3.8) is 0 Å². The van der Waals surface area contributed by atoms with Crippen LogP contribution >= 0.6 is 0 Å². The topological polar surface area (TPSA) is 38.3 Å².